The van der Waals surface area contributed by atoms with Crippen molar-refractivity contribution < 1.29 is 30.0 Å². The molecule has 0 saturated heterocycles. The molecular weight excluding hydrogens is 649 g/mol. The SMILES string of the molecule is CCCCCCCCCCO[C@@](CCCCCCCCCC)(C(=O)CCCCCCCCCC)C(O)(CCCCCCCCCC)C(O)C(O)CO. The van der Waals surface area contributed by atoms with E-state index in [-0.39, 0.29) is 12.2 Å². The standard InChI is InChI=1S/C46H92O6/c1-5-9-13-17-21-25-29-33-37-43(49)46(39-35-31-27-23-19-15-11-7-3,52-40-36-32-28-24-20-16-12-8-4)45(51,44(50)42(48)41-47)38-34-30-26-22-18-14-10-6-2/h42,44,47-48,50-51H,5-41H2,1-4H3/t42?,44?,45?,46-/m0/s1. The van der Waals surface area contributed by atoms with Crippen molar-refractivity contribution in [3.63, 3.8) is 0 Å². The molecule has 4 N–H and O–H groups in total. The lowest BCUT2D eigenvalue weighted by Gasteiger charge is -2.49. The Morgan fingerprint density at radius 3 is 1.19 bits per heavy atom. The van der Waals surface area contributed by atoms with Gasteiger partial charge in [-0.2, -0.15) is 0 Å². The van der Waals surface area contributed by atoms with E-state index in [4.69, 9.17) is 4.74 Å². The molecular formula is C46H92O6. The zero-order valence-corrected chi connectivity index (χ0v) is 35.4. The van der Waals surface area contributed by atoms with Gasteiger partial charge in [0.15, 0.2) is 11.4 Å². The number of ether oxygens (including phenoxy) is 1. The van der Waals surface area contributed by atoms with E-state index in [1.165, 1.54) is 116 Å². The number of rotatable bonds is 42. The fourth-order valence-corrected chi connectivity index (χ4v) is 8.02. The average Bonchev–Trinajstić information content (AvgIpc) is 3.15. The van der Waals surface area contributed by atoms with Gasteiger partial charge in [0.25, 0.3) is 0 Å². The molecule has 0 amide bonds. The van der Waals surface area contributed by atoms with Crippen LogP contribution in [0.5, 0.6) is 0 Å². The van der Waals surface area contributed by atoms with Gasteiger partial charge >= 0.3 is 0 Å². The predicted molar refractivity (Wildman–Crippen MR) is 222 cm³/mol. The fraction of sp³-hybridized carbons (Fsp3) is 0.978. The van der Waals surface area contributed by atoms with Crippen LogP contribution in [0.3, 0.4) is 0 Å². The molecule has 0 fully saturated rings. The smallest absolute Gasteiger partial charge is 0.167 e. The summed E-state index contributed by atoms with van der Waals surface area (Å²) >= 11 is 0. The molecule has 6 heteroatoms. The van der Waals surface area contributed by atoms with Crippen LogP contribution in [0.15, 0.2) is 0 Å². The highest BCUT2D eigenvalue weighted by molar-refractivity contribution is 5.89. The molecule has 0 aliphatic rings. The number of hydrogen-bond donors (Lipinski definition) is 4. The first-order chi connectivity index (χ1) is 25.3. The van der Waals surface area contributed by atoms with Crippen LogP contribution in [-0.2, 0) is 9.53 Å². The summed E-state index contributed by atoms with van der Waals surface area (Å²) in [6.07, 6.45) is 33.1. The van der Waals surface area contributed by atoms with Gasteiger partial charge in [0.05, 0.1) is 6.61 Å². The van der Waals surface area contributed by atoms with E-state index in [2.05, 4.69) is 27.7 Å². The molecule has 3 unspecified atom stereocenters. The van der Waals surface area contributed by atoms with E-state index in [0.29, 0.717) is 25.9 Å². The number of unbranched alkanes of at least 4 members (excludes halogenated alkanes) is 28. The molecule has 312 valence electrons. The summed E-state index contributed by atoms with van der Waals surface area (Å²) in [7, 11) is 0. The number of hydrogen-bond acceptors (Lipinski definition) is 6. The highest BCUT2D eigenvalue weighted by Gasteiger charge is 2.60. The van der Waals surface area contributed by atoms with Crippen molar-refractivity contribution >= 4 is 5.78 Å². The Hall–Kier alpha value is -0.530. The molecule has 0 aliphatic carbocycles. The van der Waals surface area contributed by atoms with Gasteiger partial charge in [-0.05, 0) is 32.1 Å². The van der Waals surface area contributed by atoms with Crippen LogP contribution in [0.4, 0.5) is 0 Å². The topological polar surface area (TPSA) is 107 Å². The van der Waals surface area contributed by atoms with Crippen LogP contribution < -0.4 is 0 Å². The number of carbonyl (C=O) groups is 1. The molecule has 0 bridgehead atoms. The van der Waals surface area contributed by atoms with Crippen molar-refractivity contribution in [3.05, 3.63) is 0 Å². The van der Waals surface area contributed by atoms with E-state index in [0.717, 1.165) is 83.5 Å². The lowest BCUT2D eigenvalue weighted by atomic mass is 9.67. The second kappa shape index (κ2) is 36.1. The largest absolute Gasteiger partial charge is 0.394 e. The van der Waals surface area contributed by atoms with Crippen LogP contribution >= 0.6 is 0 Å². The summed E-state index contributed by atoms with van der Waals surface area (Å²) in [5.74, 6) is -0.132. The summed E-state index contributed by atoms with van der Waals surface area (Å²) in [6, 6.07) is 0. The van der Waals surface area contributed by atoms with E-state index < -0.39 is 30.0 Å². The molecule has 0 aromatic rings. The quantitative estimate of drug-likeness (QED) is 0.0464. The van der Waals surface area contributed by atoms with Gasteiger partial charge in [-0.25, -0.2) is 0 Å². The van der Waals surface area contributed by atoms with Crippen LogP contribution in [-0.4, -0.2) is 62.8 Å². The lowest BCUT2D eigenvalue weighted by Crippen LogP contribution is -2.69. The van der Waals surface area contributed by atoms with Crippen LogP contribution in [0.1, 0.15) is 252 Å². The molecule has 52 heavy (non-hydrogen) atoms. The summed E-state index contributed by atoms with van der Waals surface area (Å²) < 4.78 is 6.77. The van der Waals surface area contributed by atoms with Crippen molar-refractivity contribution in [2.45, 2.75) is 276 Å². The van der Waals surface area contributed by atoms with E-state index >= 15 is 0 Å². The third kappa shape index (κ3) is 23.4. The minimum atomic E-state index is -1.99. The monoisotopic (exact) mass is 741 g/mol. The zero-order valence-electron chi connectivity index (χ0n) is 35.4. The molecule has 0 aliphatic heterocycles. The first-order valence-electron chi connectivity index (χ1n) is 23.2. The van der Waals surface area contributed by atoms with Crippen molar-refractivity contribution in [3.8, 4) is 0 Å². The van der Waals surface area contributed by atoms with E-state index in [9.17, 15) is 25.2 Å². The molecule has 4 atom stereocenters. The first-order valence-corrected chi connectivity index (χ1v) is 23.2. The van der Waals surface area contributed by atoms with Crippen molar-refractivity contribution in [1.82, 2.24) is 0 Å². The van der Waals surface area contributed by atoms with Gasteiger partial charge in [0, 0.05) is 13.0 Å². The molecule has 6 nitrogen and oxygen atoms in total. The number of aliphatic hydroxyl groups excluding tert-OH is 3. The van der Waals surface area contributed by atoms with Crippen molar-refractivity contribution in [1.29, 1.82) is 0 Å². The molecule has 0 spiro atoms. The summed E-state index contributed by atoms with van der Waals surface area (Å²) in [4.78, 5) is 14.7. The van der Waals surface area contributed by atoms with Gasteiger partial charge in [0.1, 0.15) is 17.8 Å². The molecule has 0 aromatic heterocycles. The zero-order chi connectivity index (χ0) is 38.6. The number of carbonyl (C=O) groups excluding carboxylic acids is 1. The van der Waals surface area contributed by atoms with Crippen LogP contribution in [0, 0.1) is 0 Å². The first kappa shape index (κ1) is 51.5. The normalized spacial score (nSPS) is 15.4. The Morgan fingerprint density at radius 2 is 0.808 bits per heavy atom. The Balaban J connectivity index is 6.15. The van der Waals surface area contributed by atoms with Crippen molar-refractivity contribution in [2.24, 2.45) is 0 Å². The minimum Gasteiger partial charge on any atom is -0.394 e. The maximum Gasteiger partial charge on any atom is 0.167 e. The third-order valence-electron chi connectivity index (χ3n) is 11.6. The predicted octanol–water partition coefficient (Wildman–Crippen LogP) is 12.5. The number of aliphatic hydroxyl groups is 4. The Morgan fingerprint density at radius 1 is 0.481 bits per heavy atom. The maximum atomic E-state index is 14.7. The van der Waals surface area contributed by atoms with Gasteiger partial charge in [0.2, 0.25) is 0 Å². The molecule has 0 aromatic carbocycles. The fourth-order valence-electron chi connectivity index (χ4n) is 8.02. The molecule has 0 saturated carbocycles. The number of Topliss-reactive ketones (excluding diaryl/α,β-unsaturated/α-hetero) is 1. The summed E-state index contributed by atoms with van der Waals surface area (Å²) in [5.41, 5.74) is -3.61. The summed E-state index contributed by atoms with van der Waals surface area (Å²) in [5, 5.41) is 45.4. The van der Waals surface area contributed by atoms with Gasteiger partial charge in [-0.3, -0.25) is 4.79 Å². The summed E-state index contributed by atoms with van der Waals surface area (Å²) in [6.45, 7) is 8.58. The Bertz CT molecular complexity index is 761. The minimum absolute atomic E-state index is 0.132. The van der Waals surface area contributed by atoms with E-state index in [1.807, 2.05) is 0 Å². The lowest BCUT2D eigenvalue weighted by molar-refractivity contribution is -0.244. The van der Waals surface area contributed by atoms with Gasteiger partial charge < -0.3 is 25.2 Å². The van der Waals surface area contributed by atoms with Crippen molar-refractivity contribution in [2.75, 3.05) is 13.2 Å². The maximum absolute atomic E-state index is 14.7. The average molecular weight is 741 g/mol. The van der Waals surface area contributed by atoms with E-state index in [1.54, 1.807) is 0 Å². The second-order valence-corrected chi connectivity index (χ2v) is 16.4. The molecule has 0 rings (SSSR count). The highest BCUT2D eigenvalue weighted by atomic mass is 16.5. The van der Waals surface area contributed by atoms with Gasteiger partial charge in [-0.15, -0.1) is 0 Å². The van der Waals surface area contributed by atoms with Gasteiger partial charge in [-0.1, -0.05) is 214 Å². The molecule has 0 heterocycles. The Labute approximate surface area is 324 Å². The van der Waals surface area contributed by atoms with Crippen LogP contribution in [0.25, 0.3) is 0 Å². The highest BCUT2D eigenvalue weighted by Crippen LogP contribution is 2.42. The van der Waals surface area contributed by atoms with Crippen LogP contribution in [0.2, 0.25) is 0 Å². The number of ketones is 1. The third-order valence-corrected chi connectivity index (χ3v) is 11.6. The molecule has 0 radical (unpaired) electrons. The Kier molecular flexibility index (Phi) is 35.8. The second-order valence-electron chi connectivity index (χ2n) is 16.4.